The van der Waals surface area contributed by atoms with E-state index in [1.165, 1.54) is 12.8 Å². The molecule has 4 heterocycles. The molecule has 33 heavy (non-hydrogen) atoms. The number of hydrogen-bond donors (Lipinski definition) is 1. The molecular weight excluding hydrogens is 420 g/mol. The van der Waals surface area contributed by atoms with Crippen LogP contribution in [0.15, 0.2) is 23.1 Å². The van der Waals surface area contributed by atoms with Gasteiger partial charge in [-0.25, -0.2) is 0 Å². The van der Waals surface area contributed by atoms with Gasteiger partial charge in [-0.1, -0.05) is 0 Å². The van der Waals surface area contributed by atoms with Crippen LogP contribution in [0.1, 0.15) is 54.1 Å². The van der Waals surface area contributed by atoms with Gasteiger partial charge in [-0.15, -0.1) is 0 Å². The number of aromatic nitrogens is 3. The zero-order valence-corrected chi connectivity index (χ0v) is 19.0. The summed E-state index contributed by atoms with van der Waals surface area (Å²) in [6, 6.07) is 3.95. The topological polar surface area (TPSA) is 89.4 Å². The van der Waals surface area contributed by atoms with E-state index in [2.05, 4.69) is 10.1 Å². The van der Waals surface area contributed by atoms with Crippen LogP contribution in [-0.4, -0.2) is 64.6 Å². The predicted molar refractivity (Wildman–Crippen MR) is 125 cm³/mol. The lowest BCUT2D eigenvalue weighted by atomic mass is 10.0. The molecule has 1 aromatic carbocycles. The number of fused-ring (bicyclic) bond motifs is 3. The first-order valence-corrected chi connectivity index (χ1v) is 12.1. The highest BCUT2D eigenvalue weighted by molar-refractivity contribution is 6.07. The Morgan fingerprint density at radius 3 is 2.73 bits per heavy atom. The number of pyridine rings is 1. The van der Waals surface area contributed by atoms with Gasteiger partial charge in [0, 0.05) is 37.3 Å². The monoisotopic (exact) mass is 450 g/mol. The maximum Gasteiger partial charge on any atom is 0.259 e. The lowest BCUT2D eigenvalue weighted by Crippen LogP contribution is -2.41. The number of amides is 1. The molecule has 2 saturated heterocycles. The number of benzene rings is 1. The van der Waals surface area contributed by atoms with Crippen LogP contribution in [0.5, 0.6) is 0 Å². The van der Waals surface area contributed by atoms with Crippen molar-refractivity contribution in [1.29, 1.82) is 0 Å². The van der Waals surface area contributed by atoms with Crippen LogP contribution in [0.2, 0.25) is 0 Å². The molecule has 6 rings (SSSR count). The average Bonchev–Trinajstić information content (AvgIpc) is 3.29. The molecular formula is C25H30N4O4. The number of aromatic amines is 1. The molecule has 1 aliphatic carbocycles. The van der Waals surface area contributed by atoms with E-state index in [0.717, 1.165) is 53.8 Å². The zero-order chi connectivity index (χ0) is 22.5. The molecule has 1 N–H and O–H groups in total. The Hall–Kier alpha value is -2.71. The van der Waals surface area contributed by atoms with Gasteiger partial charge in [0.15, 0.2) is 0 Å². The fourth-order valence-corrected chi connectivity index (χ4v) is 5.17. The first-order valence-electron chi connectivity index (χ1n) is 12.1. The van der Waals surface area contributed by atoms with E-state index in [1.54, 1.807) is 6.20 Å². The van der Waals surface area contributed by atoms with Crippen molar-refractivity contribution in [2.45, 2.75) is 51.2 Å². The van der Waals surface area contributed by atoms with Crippen molar-refractivity contribution in [3.63, 3.8) is 0 Å². The highest BCUT2D eigenvalue weighted by Gasteiger charge is 2.29. The number of aryl methyl sites for hydroxylation is 1. The van der Waals surface area contributed by atoms with E-state index >= 15 is 0 Å². The SMILES string of the molecule is Cc1cc2[nH]c(=O)c3cnn([C@H]4CCOC4)c3c2cc1C(=O)N1CCC(OCC2CC2)CC1. The average molecular weight is 451 g/mol. The molecule has 3 aliphatic rings. The molecule has 174 valence electrons. The van der Waals surface area contributed by atoms with E-state index in [4.69, 9.17) is 9.47 Å². The van der Waals surface area contributed by atoms with Gasteiger partial charge in [0.05, 0.1) is 41.4 Å². The van der Waals surface area contributed by atoms with Gasteiger partial charge in [0.2, 0.25) is 0 Å². The molecule has 8 nitrogen and oxygen atoms in total. The molecule has 2 aliphatic heterocycles. The van der Waals surface area contributed by atoms with Crippen LogP contribution < -0.4 is 5.56 Å². The molecule has 0 spiro atoms. The Balaban J connectivity index is 1.32. The maximum absolute atomic E-state index is 13.5. The van der Waals surface area contributed by atoms with Crippen LogP contribution in [0, 0.1) is 12.8 Å². The summed E-state index contributed by atoms with van der Waals surface area (Å²) in [5.41, 5.74) is 2.91. The minimum atomic E-state index is -0.158. The Labute approximate surface area is 191 Å². The summed E-state index contributed by atoms with van der Waals surface area (Å²) >= 11 is 0. The summed E-state index contributed by atoms with van der Waals surface area (Å²) in [4.78, 5) is 31.1. The minimum absolute atomic E-state index is 0.0460. The number of nitrogens with one attached hydrogen (secondary N) is 1. The lowest BCUT2D eigenvalue weighted by Gasteiger charge is -2.32. The molecule has 3 fully saturated rings. The third kappa shape index (κ3) is 3.85. The maximum atomic E-state index is 13.5. The summed E-state index contributed by atoms with van der Waals surface area (Å²) in [6.45, 7) is 5.50. The standard InChI is InChI=1S/C25H30N4O4/c1-15-10-22-20(23-21(24(30)27-22)12-26-29(23)17-6-9-32-14-17)11-19(15)25(31)28-7-4-18(5-8-28)33-13-16-2-3-16/h10-12,16-18H,2-9,13-14H2,1H3,(H,27,30)/t17-/m0/s1. The van der Waals surface area contributed by atoms with Gasteiger partial charge in [0.25, 0.3) is 11.5 Å². The molecule has 8 heteroatoms. The van der Waals surface area contributed by atoms with E-state index in [9.17, 15) is 9.59 Å². The Kier molecular flexibility index (Phi) is 5.22. The van der Waals surface area contributed by atoms with Crippen LogP contribution in [0.3, 0.4) is 0 Å². The van der Waals surface area contributed by atoms with Gasteiger partial charge in [-0.3, -0.25) is 14.3 Å². The number of carbonyl (C=O) groups is 1. The van der Waals surface area contributed by atoms with Gasteiger partial charge in [-0.2, -0.15) is 5.10 Å². The second kappa shape index (κ2) is 8.25. The molecule has 0 bridgehead atoms. The van der Waals surface area contributed by atoms with Crippen LogP contribution in [0.25, 0.3) is 21.8 Å². The third-order valence-electron chi connectivity index (χ3n) is 7.38. The van der Waals surface area contributed by atoms with Gasteiger partial charge in [0.1, 0.15) is 0 Å². The van der Waals surface area contributed by atoms with E-state index in [-0.39, 0.29) is 23.6 Å². The largest absolute Gasteiger partial charge is 0.379 e. The molecule has 1 saturated carbocycles. The van der Waals surface area contributed by atoms with Crippen molar-refractivity contribution in [2.75, 3.05) is 32.9 Å². The van der Waals surface area contributed by atoms with Crippen LogP contribution in [0.4, 0.5) is 0 Å². The summed E-state index contributed by atoms with van der Waals surface area (Å²) in [5, 5.41) is 5.92. The molecule has 1 atom stereocenters. The van der Waals surface area contributed by atoms with Crippen LogP contribution in [-0.2, 0) is 9.47 Å². The van der Waals surface area contributed by atoms with Crippen molar-refractivity contribution in [3.05, 3.63) is 39.8 Å². The number of H-pyrrole nitrogens is 1. The van der Waals surface area contributed by atoms with Crippen molar-refractivity contribution in [3.8, 4) is 0 Å². The fraction of sp³-hybridized carbons (Fsp3) is 0.560. The quantitative estimate of drug-likeness (QED) is 0.645. The summed E-state index contributed by atoms with van der Waals surface area (Å²) < 4.78 is 13.5. The van der Waals surface area contributed by atoms with Crippen LogP contribution >= 0.6 is 0 Å². The highest BCUT2D eigenvalue weighted by Crippen LogP contribution is 2.31. The number of likely N-dealkylation sites (tertiary alicyclic amines) is 1. The third-order valence-corrected chi connectivity index (χ3v) is 7.38. The summed E-state index contributed by atoms with van der Waals surface area (Å²) in [7, 11) is 0. The first kappa shape index (κ1) is 20.9. The van der Waals surface area contributed by atoms with Crippen molar-refractivity contribution in [1.82, 2.24) is 19.7 Å². The van der Waals surface area contributed by atoms with E-state index in [0.29, 0.717) is 37.3 Å². The molecule has 0 unspecified atom stereocenters. The summed E-state index contributed by atoms with van der Waals surface area (Å²) in [5.74, 6) is 0.807. The zero-order valence-electron chi connectivity index (χ0n) is 19.0. The number of hydrogen-bond acceptors (Lipinski definition) is 5. The van der Waals surface area contributed by atoms with Crippen molar-refractivity contribution in [2.24, 2.45) is 5.92 Å². The predicted octanol–water partition coefficient (Wildman–Crippen LogP) is 3.18. The molecule has 0 radical (unpaired) electrons. The minimum Gasteiger partial charge on any atom is -0.379 e. The number of carbonyl (C=O) groups excluding carboxylic acids is 1. The second-order valence-corrected chi connectivity index (χ2v) is 9.80. The Morgan fingerprint density at radius 2 is 2.00 bits per heavy atom. The molecule has 2 aromatic heterocycles. The second-order valence-electron chi connectivity index (χ2n) is 9.80. The Bertz CT molecular complexity index is 1260. The lowest BCUT2D eigenvalue weighted by molar-refractivity contribution is 0.00410. The first-order chi connectivity index (χ1) is 16.1. The normalized spacial score (nSPS) is 22.0. The molecule has 1 amide bonds. The highest BCUT2D eigenvalue weighted by atomic mass is 16.5. The van der Waals surface area contributed by atoms with Crippen molar-refractivity contribution < 1.29 is 14.3 Å². The number of ether oxygens (including phenoxy) is 2. The van der Waals surface area contributed by atoms with Gasteiger partial charge in [-0.05, 0) is 62.6 Å². The number of nitrogens with zero attached hydrogens (tertiary/aromatic N) is 3. The van der Waals surface area contributed by atoms with Gasteiger partial charge >= 0.3 is 0 Å². The smallest absolute Gasteiger partial charge is 0.259 e. The van der Waals surface area contributed by atoms with E-state index in [1.807, 2.05) is 28.6 Å². The summed E-state index contributed by atoms with van der Waals surface area (Å²) in [6.07, 6.45) is 7.11. The van der Waals surface area contributed by atoms with Gasteiger partial charge < -0.3 is 19.4 Å². The number of rotatable bonds is 5. The fourth-order valence-electron chi connectivity index (χ4n) is 5.17. The van der Waals surface area contributed by atoms with Crippen molar-refractivity contribution >= 4 is 27.7 Å². The number of piperidine rings is 1. The molecule has 3 aromatic rings. The van der Waals surface area contributed by atoms with E-state index < -0.39 is 0 Å². The Morgan fingerprint density at radius 1 is 1.18 bits per heavy atom.